The van der Waals surface area contributed by atoms with Crippen LogP contribution >= 0.6 is 24.8 Å². The summed E-state index contributed by atoms with van der Waals surface area (Å²) in [5, 5.41) is 0. The number of hydrogen-bond donors (Lipinski definition) is 1. The van der Waals surface area contributed by atoms with Gasteiger partial charge in [0, 0.05) is 12.1 Å². The molecule has 0 unspecified atom stereocenters. The van der Waals surface area contributed by atoms with Crippen LogP contribution in [0.15, 0.2) is 24.3 Å². The highest BCUT2D eigenvalue weighted by Crippen LogP contribution is 2.15. The average Bonchev–Trinajstić information content (AvgIpc) is 2.04. The number of hydrogen-bond acceptors (Lipinski definition) is 2. The lowest BCUT2D eigenvalue weighted by molar-refractivity contribution is 0.410. The van der Waals surface area contributed by atoms with Gasteiger partial charge in [0.1, 0.15) is 5.75 Å². The van der Waals surface area contributed by atoms with Crippen LogP contribution in [-0.2, 0) is 6.54 Å². The van der Waals surface area contributed by atoms with E-state index in [9.17, 15) is 0 Å². The monoisotopic (exact) mass is 209 g/mol. The first kappa shape index (κ1) is 14.1. The minimum absolute atomic E-state index is 0. The summed E-state index contributed by atoms with van der Waals surface area (Å²) in [6, 6.07) is 7.74. The Kier molecular flexibility index (Phi) is 8.49. The van der Waals surface area contributed by atoms with E-state index in [0.717, 1.165) is 11.3 Å². The fourth-order valence-electron chi connectivity index (χ4n) is 0.872. The smallest absolute Gasteiger partial charge is 0.123 e. The van der Waals surface area contributed by atoms with Gasteiger partial charge in [-0.1, -0.05) is 18.2 Å². The Bertz CT molecular complexity index is 195. The number of ether oxygens (including phenoxy) is 1. The third-order valence-corrected chi connectivity index (χ3v) is 1.41. The van der Waals surface area contributed by atoms with E-state index in [1.165, 1.54) is 0 Å². The summed E-state index contributed by atoms with van der Waals surface area (Å²) in [5.41, 5.74) is 6.49. The van der Waals surface area contributed by atoms with Gasteiger partial charge in [0.2, 0.25) is 0 Å². The molecule has 0 atom stereocenters. The van der Waals surface area contributed by atoms with Gasteiger partial charge in [-0.15, -0.1) is 24.8 Å². The van der Waals surface area contributed by atoms with Crippen molar-refractivity contribution in [2.24, 2.45) is 5.73 Å². The second-order valence-corrected chi connectivity index (χ2v) is 2.02. The number of halogens is 2. The Morgan fingerprint density at radius 2 is 1.83 bits per heavy atom. The van der Waals surface area contributed by atoms with Crippen molar-refractivity contribution < 1.29 is 4.74 Å². The lowest BCUT2D eigenvalue weighted by Gasteiger charge is -2.03. The molecule has 0 spiro atoms. The molecule has 0 aliphatic heterocycles. The summed E-state index contributed by atoms with van der Waals surface area (Å²) in [6.45, 7) is 0.532. The highest BCUT2D eigenvalue weighted by atomic mass is 35.5. The Labute approximate surface area is 84.9 Å². The highest BCUT2D eigenvalue weighted by Gasteiger charge is 1.95. The van der Waals surface area contributed by atoms with E-state index in [1.807, 2.05) is 24.3 Å². The van der Waals surface area contributed by atoms with Crippen molar-refractivity contribution >= 4 is 24.8 Å². The zero-order valence-electron chi connectivity index (χ0n) is 6.82. The molecular formula is C8H13Cl2NO. The van der Waals surface area contributed by atoms with E-state index < -0.39 is 0 Å². The molecule has 4 heteroatoms. The van der Waals surface area contributed by atoms with E-state index >= 15 is 0 Å². The van der Waals surface area contributed by atoms with Crippen molar-refractivity contribution in [3.05, 3.63) is 29.8 Å². The molecule has 1 rings (SSSR count). The minimum Gasteiger partial charge on any atom is -0.496 e. The topological polar surface area (TPSA) is 35.2 Å². The first-order valence-electron chi connectivity index (χ1n) is 3.20. The maximum Gasteiger partial charge on any atom is 0.123 e. The third kappa shape index (κ3) is 3.30. The Morgan fingerprint density at radius 3 is 2.25 bits per heavy atom. The van der Waals surface area contributed by atoms with Gasteiger partial charge in [-0.25, -0.2) is 0 Å². The fraction of sp³-hybridized carbons (Fsp3) is 0.250. The molecule has 0 fully saturated rings. The predicted octanol–water partition coefficient (Wildman–Crippen LogP) is 2.00. The quantitative estimate of drug-likeness (QED) is 0.810. The van der Waals surface area contributed by atoms with Gasteiger partial charge >= 0.3 is 0 Å². The maximum absolute atomic E-state index is 5.45. The molecule has 0 aliphatic rings. The summed E-state index contributed by atoms with van der Waals surface area (Å²) >= 11 is 0. The number of nitrogens with two attached hydrogens (primary N) is 1. The zero-order valence-corrected chi connectivity index (χ0v) is 8.45. The van der Waals surface area contributed by atoms with Crippen molar-refractivity contribution in [2.75, 3.05) is 7.11 Å². The predicted molar refractivity (Wildman–Crippen MR) is 55.4 cm³/mol. The van der Waals surface area contributed by atoms with Crippen LogP contribution in [0.5, 0.6) is 5.75 Å². The van der Waals surface area contributed by atoms with Crippen LogP contribution in [0.3, 0.4) is 0 Å². The second-order valence-electron chi connectivity index (χ2n) is 2.02. The van der Waals surface area contributed by atoms with Crippen LogP contribution in [0.4, 0.5) is 0 Å². The molecular weight excluding hydrogens is 197 g/mol. The van der Waals surface area contributed by atoms with Crippen molar-refractivity contribution in [3.8, 4) is 5.75 Å². The van der Waals surface area contributed by atoms with Gasteiger partial charge in [0.15, 0.2) is 0 Å². The fourth-order valence-corrected chi connectivity index (χ4v) is 0.872. The molecule has 2 N–H and O–H groups in total. The molecule has 1 aromatic carbocycles. The van der Waals surface area contributed by atoms with Crippen LogP contribution < -0.4 is 10.5 Å². The molecule has 2 nitrogen and oxygen atoms in total. The molecule has 0 heterocycles. The first-order chi connectivity index (χ1) is 4.88. The number of benzene rings is 1. The highest BCUT2D eigenvalue weighted by molar-refractivity contribution is 5.85. The lowest BCUT2D eigenvalue weighted by atomic mass is 10.2. The van der Waals surface area contributed by atoms with Gasteiger partial charge in [0.25, 0.3) is 0 Å². The van der Waals surface area contributed by atoms with E-state index in [1.54, 1.807) is 7.11 Å². The number of para-hydroxylation sites is 1. The van der Waals surface area contributed by atoms with Crippen LogP contribution in [0.25, 0.3) is 0 Å². The maximum atomic E-state index is 5.45. The van der Waals surface area contributed by atoms with Crippen molar-refractivity contribution in [2.45, 2.75) is 6.54 Å². The summed E-state index contributed by atoms with van der Waals surface area (Å²) in [4.78, 5) is 0. The SMILES string of the molecule is COc1ccccc1CN.Cl.Cl. The lowest BCUT2D eigenvalue weighted by Crippen LogP contribution is -1.98. The van der Waals surface area contributed by atoms with E-state index in [4.69, 9.17) is 10.5 Å². The van der Waals surface area contributed by atoms with E-state index in [0.29, 0.717) is 6.54 Å². The van der Waals surface area contributed by atoms with Crippen LogP contribution in [0.2, 0.25) is 0 Å². The Balaban J connectivity index is 0. The van der Waals surface area contributed by atoms with Gasteiger partial charge in [-0.05, 0) is 6.07 Å². The molecule has 0 aliphatic carbocycles. The first-order valence-corrected chi connectivity index (χ1v) is 3.20. The Morgan fingerprint density at radius 1 is 1.25 bits per heavy atom. The van der Waals surface area contributed by atoms with Crippen LogP contribution in [0, 0.1) is 0 Å². The van der Waals surface area contributed by atoms with Crippen LogP contribution in [0.1, 0.15) is 5.56 Å². The van der Waals surface area contributed by atoms with E-state index in [-0.39, 0.29) is 24.8 Å². The molecule has 0 radical (unpaired) electrons. The summed E-state index contributed by atoms with van der Waals surface area (Å²) < 4.78 is 5.06. The molecule has 12 heavy (non-hydrogen) atoms. The summed E-state index contributed by atoms with van der Waals surface area (Å²) in [7, 11) is 1.65. The van der Waals surface area contributed by atoms with Gasteiger partial charge < -0.3 is 10.5 Å². The van der Waals surface area contributed by atoms with Crippen molar-refractivity contribution in [3.63, 3.8) is 0 Å². The summed E-state index contributed by atoms with van der Waals surface area (Å²) in [5.74, 6) is 0.866. The molecule has 0 aromatic heterocycles. The van der Waals surface area contributed by atoms with Crippen molar-refractivity contribution in [1.29, 1.82) is 0 Å². The molecule has 0 bridgehead atoms. The molecule has 0 saturated carbocycles. The number of methoxy groups -OCH3 is 1. The van der Waals surface area contributed by atoms with E-state index in [2.05, 4.69) is 0 Å². The second kappa shape index (κ2) is 7.22. The van der Waals surface area contributed by atoms with Gasteiger partial charge in [-0.3, -0.25) is 0 Å². The van der Waals surface area contributed by atoms with Crippen molar-refractivity contribution in [1.82, 2.24) is 0 Å². The largest absolute Gasteiger partial charge is 0.496 e. The molecule has 1 aromatic rings. The standard InChI is InChI=1S/C8H11NO.2ClH/c1-10-8-5-3-2-4-7(8)6-9;;/h2-5H,6,9H2,1H3;2*1H. The third-order valence-electron chi connectivity index (χ3n) is 1.41. The molecule has 0 saturated heterocycles. The molecule has 70 valence electrons. The van der Waals surface area contributed by atoms with Gasteiger partial charge in [0.05, 0.1) is 7.11 Å². The number of rotatable bonds is 2. The normalized spacial score (nSPS) is 7.83. The zero-order chi connectivity index (χ0) is 7.40. The average molecular weight is 210 g/mol. The summed E-state index contributed by atoms with van der Waals surface area (Å²) in [6.07, 6.45) is 0. The van der Waals surface area contributed by atoms with Crippen LogP contribution in [-0.4, -0.2) is 7.11 Å². The van der Waals surface area contributed by atoms with Gasteiger partial charge in [-0.2, -0.15) is 0 Å². The Hall–Kier alpha value is -0.440. The molecule has 0 amide bonds. The minimum atomic E-state index is 0.